The van der Waals surface area contributed by atoms with E-state index >= 15 is 0 Å². The first-order valence-electron chi connectivity index (χ1n) is 6.78. The highest BCUT2D eigenvalue weighted by Crippen LogP contribution is 2.34. The number of thiophene rings is 1. The van der Waals surface area contributed by atoms with Gasteiger partial charge in [0, 0.05) is 6.54 Å². The van der Waals surface area contributed by atoms with Gasteiger partial charge in [-0.25, -0.2) is 0 Å². The van der Waals surface area contributed by atoms with Gasteiger partial charge < -0.3 is 9.64 Å². The van der Waals surface area contributed by atoms with Crippen molar-refractivity contribution in [1.29, 1.82) is 0 Å². The van der Waals surface area contributed by atoms with Gasteiger partial charge in [0.15, 0.2) is 0 Å². The van der Waals surface area contributed by atoms with E-state index < -0.39 is 0 Å². The van der Waals surface area contributed by atoms with E-state index in [0.29, 0.717) is 0 Å². The molecule has 0 bridgehead atoms. The zero-order valence-electron chi connectivity index (χ0n) is 11.4. The molecule has 1 aromatic heterocycles. The van der Waals surface area contributed by atoms with Crippen LogP contribution in [0.25, 0.3) is 0 Å². The zero-order chi connectivity index (χ0) is 13.9. The fourth-order valence-electron chi connectivity index (χ4n) is 2.72. The topological polar surface area (TPSA) is 29.5 Å². The molecule has 1 atom stereocenters. The minimum atomic E-state index is 0.151. The maximum Gasteiger partial charge on any atom is 0.264 e. The number of amides is 1. The predicted octanol–water partition coefficient (Wildman–Crippen LogP) is 3.73. The van der Waals surface area contributed by atoms with Crippen molar-refractivity contribution in [3.05, 3.63) is 52.2 Å². The molecule has 2 heterocycles. The van der Waals surface area contributed by atoms with Crippen molar-refractivity contribution in [3.8, 4) is 5.75 Å². The fourth-order valence-corrected chi connectivity index (χ4v) is 3.40. The Bertz CT molecular complexity index is 577. The molecule has 20 heavy (non-hydrogen) atoms. The van der Waals surface area contributed by atoms with E-state index in [2.05, 4.69) is 12.1 Å². The number of benzene rings is 1. The minimum Gasteiger partial charge on any atom is -0.497 e. The van der Waals surface area contributed by atoms with E-state index in [0.717, 1.165) is 30.0 Å². The molecule has 4 heteroatoms. The Morgan fingerprint density at radius 1 is 1.30 bits per heavy atom. The molecule has 0 radical (unpaired) electrons. The summed E-state index contributed by atoms with van der Waals surface area (Å²) in [5.74, 6) is 1.00. The van der Waals surface area contributed by atoms with Crippen LogP contribution in [0.15, 0.2) is 41.8 Å². The lowest BCUT2D eigenvalue weighted by molar-refractivity contribution is 0.0740. The standard InChI is InChI=1S/C16H17NO2S/c1-19-13-8-6-12(7-9-13)14-4-2-10-17(14)16(18)15-5-3-11-20-15/h3,5-9,11,14H,2,4,10H2,1H3/t14-/m1/s1. The van der Waals surface area contributed by atoms with Gasteiger partial charge >= 0.3 is 0 Å². The maximum atomic E-state index is 12.5. The molecule has 0 N–H and O–H groups in total. The number of ether oxygens (including phenoxy) is 1. The number of likely N-dealkylation sites (tertiary alicyclic amines) is 1. The summed E-state index contributed by atoms with van der Waals surface area (Å²) >= 11 is 1.51. The molecule has 0 aliphatic carbocycles. The van der Waals surface area contributed by atoms with Crippen molar-refractivity contribution in [2.75, 3.05) is 13.7 Å². The van der Waals surface area contributed by atoms with Gasteiger partial charge in [0.2, 0.25) is 0 Å². The van der Waals surface area contributed by atoms with E-state index in [4.69, 9.17) is 4.74 Å². The summed E-state index contributed by atoms with van der Waals surface area (Å²) in [5.41, 5.74) is 1.19. The Morgan fingerprint density at radius 2 is 2.10 bits per heavy atom. The van der Waals surface area contributed by atoms with E-state index in [-0.39, 0.29) is 11.9 Å². The highest BCUT2D eigenvalue weighted by atomic mass is 32.1. The van der Waals surface area contributed by atoms with E-state index in [9.17, 15) is 4.79 Å². The van der Waals surface area contributed by atoms with Crippen LogP contribution < -0.4 is 4.74 Å². The third-order valence-corrected chi connectivity index (χ3v) is 4.60. The van der Waals surface area contributed by atoms with Gasteiger partial charge in [0.25, 0.3) is 5.91 Å². The number of carbonyl (C=O) groups is 1. The third-order valence-electron chi connectivity index (χ3n) is 3.75. The Kier molecular flexibility index (Phi) is 3.74. The highest BCUT2D eigenvalue weighted by molar-refractivity contribution is 7.12. The SMILES string of the molecule is COc1ccc([C@H]2CCCN2C(=O)c2cccs2)cc1. The Balaban J connectivity index is 1.83. The summed E-state index contributed by atoms with van der Waals surface area (Å²) in [7, 11) is 1.66. The van der Waals surface area contributed by atoms with Crippen LogP contribution in [0, 0.1) is 0 Å². The molecule has 1 aliphatic rings. The lowest BCUT2D eigenvalue weighted by Gasteiger charge is -2.24. The summed E-state index contributed by atoms with van der Waals surface area (Å²) in [4.78, 5) is 15.3. The molecule has 1 fully saturated rings. The molecule has 3 rings (SSSR count). The van der Waals surface area contributed by atoms with Crippen molar-refractivity contribution in [2.24, 2.45) is 0 Å². The third kappa shape index (κ3) is 2.43. The number of nitrogens with zero attached hydrogens (tertiary/aromatic N) is 1. The predicted molar refractivity (Wildman–Crippen MR) is 80.3 cm³/mol. The molecule has 1 aromatic carbocycles. The lowest BCUT2D eigenvalue weighted by atomic mass is 10.0. The van der Waals surface area contributed by atoms with Gasteiger partial charge in [0.05, 0.1) is 18.0 Å². The molecule has 2 aromatic rings. The second-order valence-electron chi connectivity index (χ2n) is 4.91. The zero-order valence-corrected chi connectivity index (χ0v) is 12.2. The van der Waals surface area contributed by atoms with Crippen LogP contribution in [0.5, 0.6) is 5.75 Å². The van der Waals surface area contributed by atoms with Gasteiger partial charge in [-0.1, -0.05) is 18.2 Å². The fraction of sp³-hybridized carbons (Fsp3) is 0.312. The van der Waals surface area contributed by atoms with Crippen LogP contribution >= 0.6 is 11.3 Å². The molecular weight excluding hydrogens is 270 g/mol. The summed E-state index contributed by atoms with van der Waals surface area (Å²) in [6, 6.07) is 12.1. The molecule has 104 valence electrons. The van der Waals surface area contributed by atoms with Gasteiger partial charge in [-0.05, 0) is 42.0 Å². The van der Waals surface area contributed by atoms with Crippen molar-refractivity contribution in [3.63, 3.8) is 0 Å². The number of carbonyl (C=O) groups excluding carboxylic acids is 1. The lowest BCUT2D eigenvalue weighted by Crippen LogP contribution is -2.29. The van der Waals surface area contributed by atoms with Gasteiger partial charge in [0.1, 0.15) is 5.75 Å². The van der Waals surface area contributed by atoms with Crippen LogP contribution in [0.3, 0.4) is 0 Å². The van der Waals surface area contributed by atoms with Gasteiger partial charge in [-0.15, -0.1) is 11.3 Å². The monoisotopic (exact) mass is 287 g/mol. The van der Waals surface area contributed by atoms with Gasteiger partial charge in [-0.2, -0.15) is 0 Å². The van der Waals surface area contributed by atoms with Crippen LogP contribution in [0.2, 0.25) is 0 Å². The van der Waals surface area contributed by atoms with Crippen molar-refractivity contribution >= 4 is 17.2 Å². The first-order chi connectivity index (χ1) is 9.79. The highest BCUT2D eigenvalue weighted by Gasteiger charge is 2.30. The Hall–Kier alpha value is -1.81. The van der Waals surface area contributed by atoms with Crippen molar-refractivity contribution in [2.45, 2.75) is 18.9 Å². The number of rotatable bonds is 3. The van der Waals surface area contributed by atoms with Crippen molar-refractivity contribution in [1.82, 2.24) is 4.90 Å². The van der Waals surface area contributed by atoms with E-state index in [1.807, 2.05) is 34.5 Å². The molecule has 0 unspecified atom stereocenters. The largest absolute Gasteiger partial charge is 0.497 e. The Morgan fingerprint density at radius 3 is 2.75 bits per heavy atom. The van der Waals surface area contributed by atoms with E-state index in [1.165, 1.54) is 16.9 Å². The summed E-state index contributed by atoms with van der Waals surface area (Å²) in [5, 5.41) is 1.95. The molecule has 1 amide bonds. The quantitative estimate of drug-likeness (QED) is 0.860. The number of hydrogen-bond acceptors (Lipinski definition) is 3. The molecule has 3 nitrogen and oxygen atoms in total. The average molecular weight is 287 g/mol. The van der Waals surface area contributed by atoms with Crippen LogP contribution in [-0.4, -0.2) is 24.5 Å². The van der Waals surface area contributed by atoms with E-state index in [1.54, 1.807) is 7.11 Å². The molecule has 1 aliphatic heterocycles. The minimum absolute atomic E-state index is 0.151. The molecule has 0 spiro atoms. The maximum absolute atomic E-state index is 12.5. The summed E-state index contributed by atoms with van der Waals surface area (Å²) < 4.78 is 5.19. The van der Waals surface area contributed by atoms with Crippen LogP contribution in [-0.2, 0) is 0 Å². The number of methoxy groups -OCH3 is 1. The summed E-state index contributed by atoms with van der Waals surface area (Å²) in [6.45, 7) is 0.841. The molecule has 1 saturated heterocycles. The summed E-state index contributed by atoms with van der Waals surface area (Å²) in [6.07, 6.45) is 2.09. The molecule has 0 saturated carbocycles. The first-order valence-corrected chi connectivity index (χ1v) is 7.66. The van der Waals surface area contributed by atoms with Crippen molar-refractivity contribution < 1.29 is 9.53 Å². The normalized spacial score (nSPS) is 18.2. The second-order valence-corrected chi connectivity index (χ2v) is 5.85. The number of hydrogen-bond donors (Lipinski definition) is 0. The second kappa shape index (κ2) is 5.67. The van der Waals surface area contributed by atoms with Crippen LogP contribution in [0.1, 0.15) is 34.1 Å². The van der Waals surface area contributed by atoms with Crippen LogP contribution in [0.4, 0.5) is 0 Å². The van der Waals surface area contributed by atoms with Gasteiger partial charge in [-0.3, -0.25) is 4.79 Å². The molecular formula is C16H17NO2S. The smallest absolute Gasteiger partial charge is 0.264 e. The first kappa shape index (κ1) is 13.2. The Labute approximate surface area is 122 Å². The average Bonchev–Trinajstić information content (AvgIpc) is 3.18.